The zero-order chi connectivity index (χ0) is 24.2. The average Bonchev–Trinajstić information content (AvgIpc) is 2.76. The molecule has 1 aliphatic rings. The first-order valence-corrected chi connectivity index (χ1v) is 11.4. The Kier molecular flexibility index (Phi) is 7.74. The average molecular weight is 456 g/mol. The van der Waals surface area contributed by atoms with Crippen molar-refractivity contribution in [1.29, 1.82) is 0 Å². The van der Waals surface area contributed by atoms with E-state index in [9.17, 15) is 4.79 Å². The first-order chi connectivity index (χ1) is 15.6. The normalized spacial score (nSPS) is 17.0. The molecule has 2 aromatic rings. The van der Waals surface area contributed by atoms with Crippen molar-refractivity contribution < 1.29 is 19.0 Å². The van der Waals surface area contributed by atoms with Crippen LogP contribution in [0.2, 0.25) is 0 Å². The Bertz CT molecular complexity index is 970. The Morgan fingerprint density at radius 3 is 2.42 bits per heavy atom. The molecule has 3 rings (SSSR count). The van der Waals surface area contributed by atoms with Gasteiger partial charge in [-0.25, -0.2) is 4.79 Å². The molecular weight excluding hydrogens is 418 g/mol. The lowest BCUT2D eigenvalue weighted by Gasteiger charge is -2.41. The standard InChI is InChI=1S/C26H37N3O4/c1-17(27-25(30)28-26(2,3)4)24-21-15-23(33-7)22(32-6)14-19(21)11-12-29(24)16-18-9-8-10-20(13-18)31-5/h8-10,13-15,17,24H,11-12,16H2,1-7H3,(H2,27,28,30)/t17-,24+/m1/s1. The van der Waals surface area contributed by atoms with E-state index in [0.29, 0.717) is 5.75 Å². The van der Waals surface area contributed by atoms with Crippen molar-refractivity contribution in [2.75, 3.05) is 27.9 Å². The summed E-state index contributed by atoms with van der Waals surface area (Å²) in [7, 11) is 4.98. The molecule has 2 N–H and O–H groups in total. The summed E-state index contributed by atoms with van der Waals surface area (Å²) in [6, 6.07) is 11.9. The van der Waals surface area contributed by atoms with Crippen LogP contribution in [-0.4, -0.2) is 50.4 Å². The molecule has 2 amide bonds. The Labute approximate surface area is 197 Å². The fourth-order valence-corrected chi connectivity index (χ4v) is 4.46. The van der Waals surface area contributed by atoms with E-state index >= 15 is 0 Å². The van der Waals surface area contributed by atoms with E-state index in [0.717, 1.165) is 42.1 Å². The highest BCUT2D eigenvalue weighted by Crippen LogP contribution is 2.40. The Morgan fingerprint density at radius 2 is 1.79 bits per heavy atom. The zero-order valence-corrected chi connectivity index (χ0v) is 20.8. The SMILES string of the molecule is COc1cccc(CN2CCc3cc(OC)c(OC)cc3[C@@H]2[C@@H](C)NC(=O)NC(C)(C)C)c1. The fourth-order valence-electron chi connectivity index (χ4n) is 4.46. The Hall–Kier alpha value is -2.93. The Morgan fingerprint density at radius 1 is 1.09 bits per heavy atom. The van der Waals surface area contributed by atoms with E-state index in [2.05, 4.69) is 46.7 Å². The van der Waals surface area contributed by atoms with Crippen LogP contribution in [-0.2, 0) is 13.0 Å². The Balaban J connectivity index is 1.96. The van der Waals surface area contributed by atoms with Gasteiger partial charge in [-0.15, -0.1) is 0 Å². The van der Waals surface area contributed by atoms with Gasteiger partial charge in [-0.2, -0.15) is 0 Å². The molecule has 1 aliphatic heterocycles. The lowest BCUT2D eigenvalue weighted by atomic mass is 9.87. The van der Waals surface area contributed by atoms with Gasteiger partial charge in [0.05, 0.1) is 27.4 Å². The number of hydrogen-bond donors (Lipinski definition) is 2. The van der Waals surface area contributed by atoms with Crippen LogP contribution in [0.5, 0.6) is 17.2 Å². The van der Waals surface area contributed by atoms with Gasteiger partial charge in [0.15, 0.2) is 11.5 Å². The quantitative estimate of drug-likeness (QED) is 0.651. The van der Waals surface area contributed by atoms with Crippen molar-refractivity contribution in [2.24, 2.45) is 0 Å². The largest absolute Gasteiger partial charge is 0.497 e. The van der Waals surface area contributed by atoms with Gasteiger partial charge >= 0.3 is 6.03 Å². The molecule has 2 atom stereocenters. The van der Waals surface area contributed by atoms with Gasteiger partial charge in [0.25, 0.3) is 0 Å². The summed E-state index contributed by atoms with van der Waals surface area (Å²) in [5, 5.41) is 6.17. The molecule has 7 nitrogen and oxygen atoms in total. The maximum absolute atomic E-state index is 12.7. The second kappa shape index (κ2) is 10.3. The molecule has 7 heteroatoms. The molecular formula is C26H37N3O4. The van der Waals surface area contributed by atoms with Crippen LogP contribution >= 0.6 is 0 Å². The molecule has 0 radical (unpaired) electrons. The molecule has 0 spiro atoms. The number of nitrogens with one attached hydrogen (secondary N) is 2. The van der Waals surface area contributed by atoms with Crippen LogP contribution in [0.3, 0.4) is 0 Å². The number of carbonyl (C=O) groups is 1. The fraction of sp³-hybridized carbons (Fsp3) is 0.500. The highest BCUT2D eigenvalue weighted by molar-refractivity contribution is 5.75. The number of carbonyl (C=O) groups excluding carboxylic acids is 1. The molecule has 33 heavy (non-hydrogen) atoms. The number of urea groups is 1. The van der Waals surface area contributed by atoms with E-state index in [1.54, 1.807) is 21.3 Å². The van der Waals surface area contributed by atoms with E-state index in [-0.39, 0.29) is 23.7 Å². The van der Waals surface area contributed by atoms with Crippen LogP contribution in [0.15, 0.2) is 36.4 Å². The van der Waals surface area contributed by atoms with Crippen LogP contribution in [0.25, 0.3) is 0 Å². The van der Waals surface area contributed by atoms with Gasteiger partial charge in [-0.1, -0.05) is 12.1 Å². The molecule has 0 saturated carbocycles. The monoisotopic (exact) mass is 455 g/mol. The summed E-state index contributed by atoms with van der Waals surface area (Å²) in [4.78, 5) is 15.1. The number of benzene rings is 2. The van der Waals surface area contributed by atoms with Crippen LogP contribution < -0.4 is 24.8 Å². The van der Waals surface area contributed by atoms with Crippen LogP contribution in [0.4, 0.5) is 4.79 Å². The summed E-state index contributed by atoms with van der Waals surface area (Å²) in [5.74, 6) is 2.25. The predicted molar refractivity (Wildman–Crippen MR) is 130 cm³/mol. The smallest absolute Gasteiger partial charge is 0.315 e. The summed E-state index contributed by atoms with van der Waals surface area (Å²) < 4.78 is 16.5. The molecule has 180 valence electrons. The minimum Gasteiger partial charge on any atom is -0.497 e. The highest BCUT2D eigenvalue weighted by Gasteiger charge is 2.34. The predicted octanol–water partition coefficient (Wildman–Crippen LogP) is 4.30. The molecule has 0 bridgehead atoms. The second-order valence-corrected chi connectivity index (χ2v) is 9.56. The molecule has 0 aromatic heterocycles. The molecule has 0 unspecified atom stereocenters. The molecule has 0 aliphatic carbocycles. The van der Waals surface area contributed by atoms with Crippen LogP contribution in [0, 0.1) is 0 Å². The minimum atomic E-state index is -0.314. The minimum absolute atomic E-state index is 0.0366. The maximum atomic E-state index is 12.7. The van der Waals surface area contributed by atoms with Gasteiger partial charge in [-0.3, -0.25) is 4.90 Å². The molecule has 0 fully saturated rings. The van der Waals surface area contributed by atoms with Gasteiger partial charge in [0.1, 0.15) is 5.75 Å². The number of ether oxygens (including phenoxy) is 3. The number of amides is 2. The lowest BCUT2D eigenvalue weighted by molar-refractivity contribution is 0.142. The second-order valence-electron chi connectivity index (χ2n) is 9.56. The number of methoxy groups -OCH3 is 3. The van der Waals surface area contributed by atoms with Crippen molar-refractivity contribution in [1.82, 2.24) is 15.5 Å². The molecule has 1 heterocycles. The van der Waals surface area contributed by atoms with Crippen molar-refractivity contribution in [3.8, 4) is 17.2 Å². The summed E-state index contributed by atoms with van der Waals surface area (Å²) in [6.07, 6.45) is 0.886. The molecule has 0 saturated heterocycles. The van der Waals surface area contributed by atoms with Gasteiger partial charge in [0.2, 0.25) is 0 Å². The van der Waals surface area contributed by atoms with E-state index in [1.165, 1.54) is 5.56 Å². The third-order valence-electron chi connectivity index (χ3n) is 5.87. The number of fused-ring (bicyclic) bond motifs is 1. The third kappa shape index (κ3) is 6.11. The lowest BCUT2D eigenvalue weighted by Crippen LogP contribution is -2.53. The first kappa shape index (κ1) is 24.7. The zero-order valence-electron chi connectivity index (χ0n) is 20.8. The van der Waals surface area contributed by atoms with Gasteiger partial charge < -0.3 is 24.8 Å². The van der Waals surface area contributed by atoms with E-state index in [1.807, 2.05) is 32.9 Å². The van der Waals surface area contributed by atoms with Crippen molar-refractivity contribution in [3.63, 3.8) is 0 Å². The number of hydrogen-bond acceptors (Lipinski definition) is 5. The van der Waals surface area contributed by atoms with Gasteiger partial charge in [-0.05, 0) is 75.1 Å². The third-order valence-corrected chi connectivity index (χ3v) is 5.87. The summed E-state index contributed by atoms with van der Waals surface area (Å²) in [6.45, 7) is 9.56. The maximum Gasteiger partial charge on any atom is 0.315 e. The van der Waals surface area contributed by atoms with Crippen molar-refractivity contribution in [3.05, 3.63) is 53.1 Å². The van der Waals surface area contributed by atoms with E-state index < -0.39 is 0 Å². The van der Waals surface area contributed by atoms with Gasteiger partial charge in [0, 0.05) is 24.7 Å². The van der Waals surface area contributed by atoms with Crippen LogP contribution in [0.1, 0.15) is 50.4 Å². The number of nitrogens with zero attached hydrogens (tertiary/aromatic N) is 1. The van der Waals surface area contributed by atoms with Crippen molar-refractivity contribution >= 4 is 6.03 Å². The summed E-state index contributed by atoms with van der Waals surface area (Å²) >= 11 is 0. The first-order valence-electron chi connectivity index (χ1n) is 11.4. The van der Waals surface area contributed by atoms with E-state index in [4.69, 9.17) is 14.2 Å². The molecule has 2 aromatic carbocycles. The highest BCUT2D eigenvalue weighted by atomic mass is 16.5. The topological polar surface area (TPSA) is 72.1 Å². The van der Waals surface area contributed by atoms with Crippen molar-refractivity contribution in [2.45, 2.75) is 58.3 Å². The summed E-state index contributed by atoms with van der Waals surface area (Å²) in [5.41, 5.74) is 3.20. The number of rotatable bonds is 7.